The Balaban J connectivity index is 0.00000144. The van der Waals surface area contributed by atoms with Gasteiger partial charge in [0.2, 0.25) is 0 Å². The molecular formula is C13H14ClN2Na. The normalized spacial score (nSPS) is 9.53. The van der Waals surface area contributed by atoms with Crippen molar-refractivity contribution in [3.8, 4) is 0 Å². The minimum atomic E-state index is -0.329. The van der Waals surface area contributed by atoms with Crippen LogP contribution in [0.15, 0.2) is 60.7 Å². The molecule has 17 heavy (non-hydrogen) atoms. The molecule has 0 bridgehead atoms. The Labute approximate surface area is 130 Å². The van der Waals surface area contributed by atoms with Gasteiger partial charge < -0.3 is 12.1 Å². The predicted molar refractivity (Wildman–Crippen MR) is 70.9 cm³/mol. The zero-order valence-corrected chi connectivity index (χ0v) is 12.5. The molecule has 0 unspecified atom stereocenters. The number of para-hydroxylation sites is 2. The van der Waals surface area contributed by atoms with Crippen LogP contribution in [0.3, 0.4) is 0 Å². The summed E-state index contributed by atoms with van der Waals surface area (Å²) in [6.45, 7) is 0. The first-order valence-corrected chi connectivity index (χ1v) is 5.55. The van der Waals surface area contributed by atoms with E-state index in [2.05, 4.69) is 10.6 Å². The van der Waals surface area contributed by atoms with Crippen LogP contribution in [0.5, 0.6) is 0 Å². The van der Waals surface area contributed by atoms with E-state index in [1.165, 1.54) is 0 Å². The molecule has 0 heterocycles. The third kappa shape index (κ3) is 5.00. The van der Waals surface area contributed by atoms with Crippen molar-refractivity contribution in [3.63, 3.8) is 0 Å². The van der Waals surface area contributed by atoms with Crippen molar-refractivity contribution in [2.75, 3.05) is 10.6 Å². The van der Waals surface area contributed by atoms with Gasteiger partial charge >= 0.3 is 29.6 Å². The van der Waals surface area contributed by atoms with Crippen LogP contribution >= 0.6 is 11.6 Å². The Hall–Kier alpha value is -0.670. The molecule has 2 aromatic rings. The van der Waals surface area contributed by atoms with Gasteiger partial charge in [0.1, 0.15) is 0 Å². The fourth-order valence-corrected chi connectivity index (χ4v) is 1.65. The van der Waals surface area contributed by atoms with Gasteiger partial charge in [-0.3, -0.25) is 0 Å². The summed E-state index contributed by atoms with van der Waals surface area (Å²) in [5.41, 5.74) is 1.65. The Bertz CT molecular complexity index is 386. The van der Waals surface area contributed by atoms with E-state index in [9.17, 15) is 0 Å². The molecular weight excluding hydrogens is 243 g/mol. The van der Waals surface area contributed by atoms with E-state index in [-0.39, 0.29) is 36.6 Å². The first-order chi connectivity index (χ1) is 7.84. The summed E-state index contributed by atoms with van der Waals surface area (Å²) >= 11 is 6.13. The summed E-state index contributed by atoms with van der Waals surface area (Å²) in [5, 5.41) is 6.29. The van der Waals surface area contributed by atoms with E-state index >= 15 is 0 Å². The average Bonchev–Trinajstić information content (AvgIpc) is 2.31. The van der Waals surface area contributed by atoms with Crippen molar-refractivity contribution in [1.82, 2.24) is 0 Å². The molecule has 4 heteroatoms. The Morgan fingerprint density at radius 2 is 1.12 bits per heavy atom. The standard InChI is InChI=1S/C13H13ClN2.Na.H/c14-13(15-11-7-3-1-4-8-11)16-12-9-5-2-6-10-12;;/h1-10,13,15-16H;;/q;+1;-1. The van der Waals surface area contributed by atoms with Crippen LogP contribution in [0.2, 0.25) is 0 Å². The summed E-state index contributed by atoms with van der Waals surface area (Å²) in [4.78, 5) is 0. The summed E-state index contributed by atoms with van der Waals surface area (Å²) in [6.07, 6.45) is 0. The maximum absolute atomic E-state index is 6.13. The number of benzene rings is 2. The first kappa shape index (κ1) is 14.4. The fourth-order valence-electron chi connectivity index (χ4n) is 1.40. The van der Waals surface area contributed by atoms with Crippen molar-refractivity contribution in [2.45, 2.75) is 5.62 Å². The fraction of sp³-hybridized carbons (Fsp3) is 0.0769. The van der Waals surface area contributed by atoms with Gasteiger partial charge in [-0.05, 0) is 24.3 Å². The quantitative estimate of drug-likeness (QED) is 0.367. The largest absolute Gasteiger partial charge is 1.00 e. The van der Waals surface area contributed by atoms with E-state index in [1.807, 2.05) is 60.7 Å². The number of alkyl halides is 1. The summed E-state index contributed by atoms with van der Waals surface area (Å²) in [7, 11) is 0. The van der Waals surface area contributed by atoms with Gasteiger partial charge in [0, 0.05) is 11.4 Å². The van der Waals surface area contributed by atoms with Gasteiger partial charge in [0.05, 0.1) is 0 Å². The summed E-state index contributed by atoms with van der Waals surface area (Å²) < 4.78 is 0. The molecule has 0 radical (unpaired) electrons. The minimum absolute atomic E-state index is 0. The van der Waals surface area contributed by atoms with Crippen molar-refractivity contribution in [2.24, 2.45) is 0 Å². The first-order valence-electron chi connectivity index (χ1n) is 5.12. The van der Waals surface area contributed by atoms with Crippen LogP contribution in [-0.2, 0) is 0 Å². The number of nitrogens with one attached hydrogen (secondary N) is 2. The van der Waals surface area contributed by atoms with E-state index in [0.717, 1.165) is 11.4 Å². The number of halogens is 1. The molecule has 0 aliphatic rings. The molecule has 2 rings (SSSR count). The number of anilines is 2. The molecule has 0 aromatic heterocycles. The van der Waals surface area contributed by atoms with Crippen LogP contribution in [0.4, 0.5) is 11.4 Å². The molecule has 2 nitrogen and oxygen atoms in total. The van der Waals surface area contributed by atoms with Crippen molar-refractivity contribution in [1.29, 1.82) is 0 Å². The van der Waals surface area contributed by atoms with Gasteiger partial charge in [-0.2, -0.15) is 0 Å². The van der Waals surface area contributed by atoms with Gasteiger partial charge in [0.15, 0.2) is 5.62 Å². The molecule has 0 spiro atoms. The second kappa shape index (κ2) is 7.62. The van der Waals surface area contributed by atoms with Crippen molar-refractivity contribution < 1.29 is 31.0 Å². The molecule has 0 aliphatic carbocycles. The average molecular weight is 257 g/mol. The SMILES string of the molecule is ClC(Nc1ccccc1)Nc1ccccc1.[H-].[Na+]. The van der Waals surface area contributed by atoms with Crippen LogP contribution in [0.25, 0.3) is 0 Å². The molecule has 0 amide bonds. The monoisotopic (exact) mass is 256 g/mol. The molecule has 84 valence electrons. The van der Waals surface area contributed by atoms with Crippen molar-refractivity contribution in [3.05, 3.63) is 60.7 Å². The second-order valence-corrected chi connectivity index (χ2v) is 3.82. The zero-order chi connectivity index (χ0) is 11.2. The Morgan fingerprint density at radius 3 is 1.47 bits per heavy atom. The number of hydrogen-bond donors (Lipinski definition) is 2. The molecule has 2 aromatic carbocycles. The third-order valence-electron chi connectivity index (χ3n) is 2.13. The molecule has 0 fully saturated rings. The molecule has 0 saturated carbocycles. The Kier molecular flexibility index (Phi) is 6.45. The maximum Gasteiger partial charge on any atom is 1.00 e. The van der Waals surface area contributed by atoms with Gasteiger partial charge in [-0.1, -0.05) is 48.0 Å². The van der Waals surface area contributed by atoms with E-state index in [1.54, 1.807) is 0 Å². The topological polar surface area (TPSA) is 24.1 Å². The number of hydrogen-bond acceptors (Lipinski definition) is 2. The summed E-state index contributed by atoms with van der Waals surface area (Å²) in [6, 6.07) is 19.7. The molecule has 0 saturated heterocycles. The van der Waals surface area contributed by atoms with Crippen LogP contribution < -0.4 is 40.2 Å². The smallest absolute Gasteiger partial charge is 1.00 e. The van der Waals surface area contributed by atoms with Gasteiger partial charge in [-0.25, -0.2) is 0 Å². The minimum Gasteiger partial charge on any atom is -1.00 e. The molecule has 0 aliphatic heterocycles. The Morgan fingerprint density at radius 1 is 0.765 bits per heavy atom. The number of rotatable bonds is 4. The van der Waals surface area contributed by atoms with E-state index in [0.29, 0.717) is 0 Å². The van der Waals surface area contributed by atoms with Crippen LogP contribution in [-0.4, -0.2) is 5.62 Å². The van der Waals surface area contributed by atoms with E-state index in [4.69, 9.17) is 11.6 Å². The second-order valence-electron chi connectivity index (χ2n) is 3.38. The van der Waals surface area contributed by atoms with E-state index < -0.39 is 0 Å². The predicted octanol–water partition coefficient (Wildman–Crippen LogP) is 0.849. The van der Waals surface area contributed by atoms with Gasteiger partial charge in [-0.15, -0.1) is 0 Å². The molecule has 2 N–H and O–H groups in total. The maximum atomic E-state index is 6.13. The van der Waals surface area contributed by atoms with Crippen LogP contribution in [0, 0.1) is 0 Å². The zero-order valence-electron chi connectivity index (χ0n) is 10.7. The summed E-state index contributed by atoms with van der Waals surface area (Å²) in [5.74, 6) is 0. The van der Waals surface area contributed by atoms with Crippen LogP contribution in [0.1, 0.15) is 1.43 Å². The molecule has 0 atom stereocenters. The van der Waals surface area contributed by atoms with Crippen molar-refractivity contribution >= 4 is 23.0 Å². The van der Waals surface area contributed by atoms with Gasteiger partial charge in [0.25, 0.3) is 0 Å². The third-order valence-corrected chi connectivity index (χ3v) is 2.35.